The maximum absolute atomic E-state index is 14.6. The lowest BCUT2D eigenvalue weighted by Gasteiger charge is -2.49. The number of phosphoric ester groups is 1. The molecule has 3 fully saturated rings. The Morgan fingerprint density at radius 3 is 1.71 bits per heavy atom. The Hall–Kier alpha value is -6.13. The van der Waals surface area contributed by atoms with Crippen molar-refractivity contribution in [1.82, 2.24) is 0 Å². The summed E-state index contributed by atoms with van der Waals surface area (Å²) in [5, 5.41) is 19.1. The van der Waals surface area contributed by atoms with E-state index in [1.807, 2.05) is 91.0 Å². The van der Waals surface area contributed by atoms with Crippen molar-refractivity contribution in [1.29, 1.82) is 0 Å². The lowest BCUT2D eigenvalue weighted by molar-refractivity contribution is -0.894. The fourth-order valence-electron chi connectivity index (χ4n) is 9.00. The SMILES string of the molecule is CC[NH+](CC)CC.[N-]=[N+]=N[C@H]1[C@@H](OP(=O)([O-])O[C@@H]2[C@@H](N=[N+]=[N-])[C@H](OCCc3ccc([N+](=O)[O-])cc3)O[C@@H]3CO[C@H](c4ccccc4)O[C@H]23)O[C@H](COCc2ccccc2)[C@H](OCc2ccccc2)[C@@H]1OCc1ccccc1. The molecule has 1 unspecified atom stereocenters. The lowest BCUT2D eigenvalue weighted by atomic mass is 9.96. The van der Waals surface area contributed by atoms with Crippen LogP contribution in [0.1, 0.15) is 54.9 Å². The van der Waals surface area contributed by atoms with Crippen molar-refractivity contribution in [3.63, 3.8) is 0 Å². The molecule has 0 radical (unpaired) electrons. The molecule has 0 amide bonds. The molecule has 23 heteroatoms. The number of rotatable bonds is 25. The molecule has 0 aromatic heterocycles. The Bertz CT molecular complexity index is 2690. The van der Waals surface area contributed by atoms with Gasteiger partial charge in [0, 0.05) is 27.5 Å². The van der Waals surface area contributed by atoms with E-state index >= 15 is 0 Å². The number of ether oxygens (including phenoxy) is 8. The molecule has 12 atom stereocenters. The summed E-state index contributed by atoms with van der Waals surface area (Å²) in [5.41, 5.74) is 23.5. The number of phosphoric acid groups is 1. The molecule has 22 nitrogen and oxygen atoms in total. The van der Waals surface area contributed by atoms with Crippen LogP contribution < -0.4 is 9.79 Å². The molecule has 8 rings (SSSR count). The summed E-state index contributed by atoms with van der Waals surface area (Å²) < 4.78 is 76.6. The van der Waals surface area contributed by atoms with Crippen LogP contribution in [-0.4, -0.2) is 106 Å². The van der Waals surface area contributed by atoms with Crippen LogP contribution in [0.5, 0.6) is 0 Å². The van der Waals surface area contributed by atoms with Crippen LogP contribution >= 0.6 is 7.82 Å². The van der Waals surface area contributed by atoms with Crippen molar-refractivity contribution < 1.29 is 66.2 Å². The molecule has 3 heterocycles. The standard InChI is InChI=1S/C48H50N7O14P.C6H15N/c49-53-51-40-44(63-29-35-17-9-3-10-18-35)42(62-28-34-15-7-2-8-16-34)38(30-60-27-33-13-5-1-6-14-33)66-48(40)69-70(58,59)68-45-41(52-54-50)47(61-26-25-32-21-23-37(24-22-32)55(56)57)65-39-31-64-46(67-43(39)45)36-19-11-4-12-20-36;1-4-7(5-2)6-3/h1-24,38-48H,25-31H2,(H,58,59);4-6H2,1-3H3/t38-,39-,40-,41-,42+,43+,44-,45-,46+,47-,48-;/m1./s1. The monoisotopic (exact) mass is 1080 g/mol. The van der Waals surface area contributed by atoms with Gasteiger partial charge in [-0.15, -0.1) is 0 Å². The number of quaternary nitrogens is 1. The van der Waals surface area contributed by atoms with Gasteiger partial charge in [-0.2, -0.15) is 0 Å². The zero-order valence-electron chi connectivity index (χ0n) is 43.1. The Kier molecular flexibility index (Phi) is 22.9. The molecule has 0 aliphatic carbocycles. The van der Waals surface area contributed by atoms with Gasteiger partial charge in [-0.05, 0) is 60.5 Å². The van der Waals surface area contributed by atoms with Gasteiger partial charge in [0.25, 0.3) is 13.5 Å². The zero-order chi connectivity index (χ0) is 54.4. The van der Waals surface area contributed by atoms with Gasteiger partial charge in [0.15, 0.2) is 18.9 Å². The molecule has 0 spiro atoms. The van der Waals surface area contributed by atoms with E-state index in [9.17, 15) is 30.6 Å². The number of nitrogens with one attached hydrogen (secondary N) is 1. The summed E-state index contributed by atoms with van der Waals surface area (Å²) >= 11 is 0. The summed E-state index contributed by atoms with van der Waals surface area (Å²) in [6.07, 6.45) is -11.3. The highest BCUT2D eigenvalue weighted by Crippen LogP contribution is 2.49. The smallest absolute Gasteiger partial charge is 0.270 e. The maximum Gasteiger partial charge on any atom is 0.270 e. The third-order valence-electron chi connectivity index (χ3n) is 13.1. The fourth-order valence-corrected chi connectivity index (χ4v) is 10.0. The van der Waals surface area contributed by atoms with Crippen molar-refractivity contribution >= 4 is 13.5 Å². The Labute approximate surface area is 447 Å². The first kappa shape index (κ1) is 58.6. The molecule has 410 valence electrons. The second kappa shape index (κ2) is 30.1. The maximum atomic E-state index is 14.6. The highest BCUT2D eigenvalue weighted by molar-refractivity contribution is 7.45. The molecule has 3 saturated heterocycles. The van der Waals surface area contributed by atoms with Gasteiger partial charge in [-0.25, -0.2) is 0 Å². The van der Waals surface area contributed by atoms with Crippen LogP contribution in [0.25, 0.3) is 20.9 Å². The van der Waals surface area contributed by atoms with E-state index in [2.05, 4.69) is 40.8 Å². The van der Waals surface area contributed by atoms with Crippen LogP contribution in [0, 0.1) is 10.1 Å². The molecule has 0 bridgehead atoms. The molecule has 77 heavy (non-hydrogen) atoms. The topological polar surface area (TPSA) is 278 Å². The highest BCUT2D eigenvalue weighted by Gasteiger charge is 2.54. The number of nitro groups is 1. The third-order valence-corrected chi connectivity index (χ3v) is 14.1. The van der Waals surface area contributed by atoms with Crippen molar-refractivity contribution in [2.75, 3.05) is 39.5 Å². The van der Waals surface area contributed by atoms with E-state index in [0.717, 1.165) is 16.7 Å². The van der Waals surface area contributed by atoms with Crippen molar-refractivity contribution in [2.24, 2.45) is 10.2 Å². The van der Waals surface area contributed by atoms with Gasteiger partial charge in [-0.1, -0.05) is 144 Å². The summed E-state index contributed by atoms with van der Waals surface area (Å²) in [7, 11) is -5.67. The number of non-ortho nitro benzene ring substituents is 1. The molecular formula is C54H65N8O14P. The molecule has 5 aromatic carbocycles. The van der Waals surface area contributed by atoms with E-state index in [1.165, 1.54) is 31.8 Å². The Morgan fingerprint density at radius 1 is 0.649 bits per heavy atom. The minimum atomic E-state index is -5.67. The van der Waals surface area contributed by atoms with E-state index in [0.29, 0.717) is 11.1 Å². The molecule has 0 saturated carbocycles. The third kappa shape index (κ3) is 17.2. The number of nitro benzene ring substituents is 1. The first-order valence-electron chi connectivity index (χ1n) is 25.5. The Balaban J connectivity index is 0.00000115. The lowest BCUT2D eigenvalue weighted by Crippen LogP contribution is -3.11. The van der Waals surface area contributed by atoms with Crippen LogP contribution in [-0.2, 0) is 77.7 Å². The van der Waals surface area contributed by atoms with Gasteiger partial charge in [0.2, 0.25) is 0 Å². The minimum absolute atomic E-state index is 0.00341. The predicted molar refractivity (Wildman–Crippen MR) is 278 cm³/mol. The Morgan fingerprint density at radius 2 is 1.18 bits per heavy atom. The van der Waals surface area contributed by atoms with Gasteiger partial charge in [0.05, 0.1) is 64.2 Å². The second-order valence-electron chi connectivity index (χ2n) is 18.2. The van der Waals surface area contributed by atoms with Crippen molar-refractivity contribution in [3.05, 3.63) is 204 Å². The van der Waals surface area contributed by atoms with Gasteiger partial charge < -0.3 is 52.2 Å². The summed E-state index contributed by atoms with van der Waals surface area (Å²) in [5.74, 6) is 0. The first-order valence-corrected chi connectivity index (χ1v) is 27.0. The van der Waals surface area contributed by atoms with E-state index in [4.69, 9.17) is 46.9 Å². The van der Waals surface area contributed by atoms with E-state index < -0.39 is 80.3 Å². The van der Waals surface area contributed by atoms with Crippen LogP contribution in [0.15, 0.2) is 156 Å². The van der Waals surface area contributed by atoms with Crippen molar-refractivity contribution in [2.45, 2.75) is 115 Å². The van der Waals surface area contributed by atoms with E-state index in [1.54, 1.807) is 47.4 Å². The summed E-state index contributed by atoms with van der Waals surface area (Å²) in [4.78, 5) is 33.0. The molecule has 3 aliphatic rings. The fraction of sp³-hybridized carbons (Fsp3) is 0.444. The highest BCUT2D eigenvalue weighted by atomic mass is 31.2. The number of fused-ring (bicyclic) bond motifs is 1. The number of hydrogen-bond acceptors (Lipinski definition) is 16. The molecule has 1 N–H and O–H groups in total. The molecular weight excluding hydrogens is 1020 g/mol. The summed E-state index contributed by atoms with van der Waals surface area (Å²) in [6, 6.07) is 39.6. The van der Waals surface area contributed by atoms with Gasteiger partial charge in [0.1, 0.15) is 48.7 Å². The van der Waals surface area contributed by atoms with Crippen LogP contribution in [0.2, 0.25) is 0 Å². The molecule has 5 aromatic rings. The number of azide groups is 2. The number of nitrogens with zero attached hydrogens (tertiary/aromatic N) is 7. The van der Waals surface area contributed by atoms with E-state index in [-0.39, 0.29) is 51.7 Å². The first-order chi connectivity index (χ1) is 37.5. The number of hydrogen-bond donors (Lipinski definition) is 1. The van der Waals surface area contributed by atoms with Crippen LogP contribution in [0.4, 0.5) is 5.69 Å². The minimum Gasteiger partial charge on any atom is -0.756 e. The zero-order valence-corrected chi connectivity index (χ0v) is 44.0. The average molecular weight is 1080 g/mol. The summed E-state index contributed by atoms with van der Waals surface area (Å²) in [6.45, 7) is 10.4. The quantitative estimate of drug-likeness (QED) is 0.0144. The average Bonchev–Trinajstić information content (AvgIpc) is 3.45. The van der Waals surface area contributed by atoms with Crippen LogP contribution in [0.3, 0.4) is 0 Å². The second-order valence-corrected chi connectivity index (χ2v) is 19.5. The van der Waals surface area contributed by atoms with Gasteiger partial charge >= 0.3 is 0 Å². The van der Waals surface area contributed by atoms with Crippen molar-refractivity contribution in [3.8, 4) is 0 Å². The number of benzene rings is 5. The largest absolute Gasteiger partial charge is 0.756 e. The molecule has 3 aliphatic heterocycles. The van der Waals surface area contributed by atoms with Gasteiger partial charge in [-0.3, -0.25) is 19.2 Å². The normalized spacial score (nSPS) is 25.6. The predicted octanol–water partition coefficient (Wildman–Crippen LogP) is 8.26.